The van der Waals surface area contributed by atoms with Gasteiger partial charge in [0.1, 0.15) is 22.5 Å². The van der Waals surface area contributed by atoms with Crippen molar-refractivity contribution in [1.82, 2.24) is 19.9 Å². The normalized spacial score (nSPS) is 13.9. The first-order chi connectivity index (χ1) is 12.7. The fraction of sp³-hybridized carbons (Fsp3) is 0.222. The molecule has 0 amide bonds. The van der Waals surface area contributed by atoms with E-state index in [1.807, 2.05) is 6.07 Å². The number of aromatic nitrogens is 4. The molecule has 1 aliphatic rings. The van der Waals surface area contributed by atoms with Crippen LogP contribution in [0.5, 0.6) is 0 Å². The first-order valence-electron chi connectivity index (χ1n) is 8.33. The summed E-state index contributed by atoms with van der Waals surface area (Å²) in [6, 6.07) is 10.4. The topological polar surface area (TPSA) is 75.6 Å². The fourth-order valence-electron chi connectivity index (χ4n) is 2.59. The maximum Gasteiger partial charge on any atom is 0.212 e. The number of nitrogens with one attached hydrogen (secondary N) is 2. The lowest BCUT2D eigenvalue weighted by Gasteiger charge is -2.27. The lowest BCUT2D eigenvalue weighted by molar-refractivity contribution is 0.444. The quantitative estimate of drug-likeness (QED) is 0.647. The van der Waals surface area contributed by atoms with Crippen LogP contribution in [0.15, 0.2) is 42.6 Å². The van der Waals surface area contributed by atoms with Gasteiger partial charge in [-0.05, 0) is 43.5 Å². The van der Waals surface area contributed by atoms with E-state index in [1.165, 1.54) is 18.7 Å². The summed E-state index contributed by atoms with van der Waals surface area (Å²) < 4.78 is 13.0. The molecular weight excluding hydrogens is 355 g/mol. The van der Waals surface area contributed by atoms with E-state index in [1.54, 1.807) is 24.3 Å². The lowest BCUT2D eigenvalue weighted by atomic mass is 9.93. The van der Waals surface area contributed by atoms with Crippen molar-refractivity contribution in [2.75, 3.05) is 10.6 Å². The molecule has 0 saturated heterocycles. The molecule has 1 saturated carbocycles. The molecule has 3 aromatic rings. The molecule has 0 atom stereocenters. The van der Waals surface area contributed by atoms with Crippen LogP contribution in [0, 0.1) is 5.95 Å². The van der Waals surface area contributed by atoms with Crippen LogP contribution in [0.25, 0.3) is 11.5 Å². The van der Waals surface area contributed by atoms with E-state index in [-0.39, 0.29) is 0 Å². The molecule has 8 heteroatoms. The van der Waals surface area contributed by atoms with E-state index in [2.05, 4.69) is 30.6 Å². The van der Waals surface area contributed by atoms with Gasteiger partial charge in [0.05, 0.1) is 11.9 Å². The van der Waals surface area contributed by atoms with Gasteiger partial charge in [-0.2, -0.15) is 4.39 Å². The minimum atomic E-state index is -0.533. The molecule has 0 radical (unpaired) electrons. The van der Waals surface area contributed by atoms with Crippen molar-refractivity contribution in [2.24, 2.45) is 0 Å². The molecule has 2 N–H and O–H groups in total. The predicted molar refractivity (Wildman–Crippen MR) is 99.0 cm³/mol. The second-order valence-corrected chi connectivity index (χ2v) is 6.46. The van der Waals surface area contributed by atoms with E-state index < -0.39 is 5.95 Å². The van der Waals surface area contributed by atoms with E-state index in [0.29, 0.717) is 40.0 Å². The van der Waals surface area contributed by atoms with Crippen LogP contribution in [-0.4, -0.2) is 26.0 Å². The van der Waals surface area contributed by atoms with Crippen LogP contribution >= 0.6 is 11.6 Å². The molecule has 1 aliphatic carbocycles. The molecule has 4 rings (SSSR count). The summed E-state index contributed by atoms with van der Waals surface area (Å²) in [5.41, 5.74) is 1.21. The predicted octanol–water partition coefficient (Wildman–Crippen LogP) is 4.43. The highest BCUT2D eigenvalue weighted by atomic mass is 35.5. The third-order valence-electron chi connectivity index (χ3n) is 4.13. The van der Waals surface area contributed by atoms with Crippen LogP contribution < -0.4 is 10.6 Å². The fourth-order valence-corrected chi connectivity index (χ4v) is 2.76. The highest BCUT2D eigenvalue weighted by molar-refractivity contribution is 6.29. The summed E-state index contributed by atoms with van der Waals surface area (Å²) >= 11 is 5.99. The van der Waals surface area contributed by atoms with Crippen molar-refractivity contribution in [3.63, 3.8) is 0 Å². The number of pyridine rings is 2. The Kier molecular flexibility index (Phi) is 4.62. The maximum absolute atomic E-state index is 13.0. The van der Waals surface area contributed by atoms with Crippen molar-refractivity contribution in [3.8, 4) is 11.5 Å². The Morgan fingerprint density at radius 3 is 2.58 bits per heavy atom. The summed E-state index contributed by atoms with van der Waals surface area (Å²) in [5, 5.41) is 6.91. The van der Waals surface area contributed by atoms with Crippen LogP contribution in [-0.2, 0) is 0 Å². The zero-order chi connectivity index (χ0) is 17.9. The lowest BCUT2D eigenvalue weighted by Crippen LogP contribution is -2.27. The number of halogens is 2. The second kappa shape index (κ2) is 7.21. The summed E-state index contributed by atoms with van der Waals surface area (Å²) in [5.74, 6) is 1.19. The van der Waals surface area contributed by atoms with E-state index >= 15 is 0 Å². The average molecular weight is 371 g/mol. The summed E-state index contributed by atoms with van der Waals surface area (Å²) in [6.07, 6.45) is 4.88. The molecule has 6 nitrogen and oxygen atoms in total. The second-order valence-electron chi connectivity index (χ2n) is 6.07. The Labute approximate surface area is 154 Å². The van der Waals surface area contributed by atoms with Crippen LogP contribution in [0.1, 0.15) is 19.3 Å². The van der Waals surface area contributed by atoms with Crippen molar-refractivity contribution in [1.29, 1.82) is 0 Å². The monoisotopic (exact) mass is 370 g/mol. The number of rotatable bonds is 5. The summed E-state index contributed by atoms with van der Waals surface area (Å²) in [4.78, 5) is 17.0. The molecule has 1 fully saturated rings. The Bertz CT molecular complexity index is 914. The standard InChI is InChI=1S/C18H16ClFN6/c19-14-6-2-5-13(24-14)18-25-16(22-11-3-1-4-11)9-17(26-18)23-12-7-8-15(20)21-10-12/h2,5-11H,1,3-4H2,(H2,22,23,25,26). The molecule has 3 aromatic heterocycles. The summed E-state index contributed by atoms with van der Waals surface area (Å²) in [6.45, 7) is 0. The molecule has 132 valence electrons. The third kappa shape index (κ3) is 3.88. The van der Waals surface area contributed by atoms with Gasteiger partial charge in [0, 0.05) is 12.1 Å². The van der Waals surface area contributed by atoms with Gasteiger partial charge in [-0.15, -0.1) is 0 Å². The first kappa shape index (κ1) is 16.7. The molecule has 0 spiro atoms. The van der Waals surface area contributed by atoms with Crippen LogP contribution in [0.3, 0.4) is 0 Å². The van der Waals surface area contributed by atoms with Crippen molar-refractivity contribution >= 4 is 28.9 Å². The number of hydrogen-bond donors (Lipinski definition) is 2. The van der Waals surface area contributed by atoms with Crippen molar-refractivity contribution in [2.45, 2.75) is 25.3 Å². The average Bonchev–Trinajstić information content (AvgIpc) is 2.60. The van der Waals surface area contributed by atoms with E-state index in [4.69, 9.17) is 11.6 Å². The Hall–Kier alpha value is -2.80. The highest BCUT2D eigenvalue weighted by Gasteiger charge is 2.18. The van der Waals surface area contributed by atoms with Crippen LogP contribution in [0.2, 0.25) is 5.15 Å². The minimum absolute atomic E-state index is 0.376. The number of hydrogen-bond acceptors (Lipinski definition) is 6. The zero-order valence-corrected chi connectivity index (χ0v) is 14.5. The van der Waals surface area contributed by atoms with Gasteiger partial charge in [-0.25, -0.2) is 19.9 Å². The van der Waals surface area contributed by atoms with E-state index in [9.17, 15) is 4.39 Å². The van der Waals surface area contributed by atoms with Crippen molar-refractivity contribution in [3.05, 3.63) is 53.7 Å². The third-order valence-corrected chi connectivity index (χ3v) is 4.34. The van der Waals surface area contributed by atoms with Crippen LogP contribution in [0.4, 0.5) is 21.7 Å². The minimum Gasteiger partial charge on any atom is -0.367 e. The maximum atomic E-state index is 13.0. The SMILES string of the molecule is Fc1ccc(Nc2cc(NC3CCC3)nc(-c3cccc(Cl)n3)n2)cn1. The van der Waals surface area contributed by atoms with Crippen molar-refractivity contribution < 1.29 is 4.39 Å². The molecule has 3 heterocycles. The largest absolute Gasteiger partial charge is 0.367 e. The van der Waals surface area contributed by atoms with Gasteiger partial charge in [0.25, 0.3) is 0 Å². The van der Waals surface area contributed by atoms with Gasteiger partial charge in [-0.3, -0.25) is 0 Å². The van der Waals surface area contributed by atoms with Gasteiger partial charge in [-0.1, -0.05) is 17.7 Å². The van der Waals surface area contributed by atoms with E-state index in [0.717, 1.165) is 12.8 Å². The Morgan fingerprint density at radius 1 is 1.04 bits per heavy atom. The Morgan fingerprint density at radius 2 is 1.88 bits per heavy atom. The number of anilines is 3. The molecule has 0 unspecified atom stereocenters. The zero-order valence-electron chi connectivity index (χ0n) is 13.8. The summed E-state index contributed by atoms with van der Waals surface area (Å²) in [7, 11) is 0. The molecule has 0 aliphatic heterocycles. The molecule has 0 bridgehead atoms. The number of nitrogens with zero attached hydrogens (tertiary/aromatic N) is 4. The van der Waals surface area contributed by atoms with Gasteiger partial charge < -0.3 is 10.6 Å². The first-order valence-corrected chi connectivity index (χ1v) is 8.71. The molecule has 26 heavy (non-hydrogen) atoms. The molecule has 0 aromatic carbocycles. The van der Waals surface area contributed by atoms with Gasteiger partial charge in [0.2, 0.25) is 5.95 Å². The van der Waals surface area contributed by atoms with Gasteiger partial charge in [0.15, 0.2) is 5.82 Å². The smallest absolute Gasteiger partial charge is 0.212 e. The highest BCUT2D eigenvalue weighted by Crippen LogP contribution is 2.26. The van der Waals surface area contributed by atoms with Gasteiger partial charge >= 0.3 is 0 Å². The Balaban J connectivity index is 1.68. The molecular formula is C18H16ClFN6.